The van der Waals surface area contributed by atoms with E-state index in [1.54, 1.807) is 11.9 Å². The van der Waals surface area contributed by atoms with Crippen LogP contribution in [0.2, 0.25) is 0 Å². The molecule has 8 nitrogen and oxygen atoms in total. The topological polar surface area (TPSA) is 85.7 Å². The number of aromatic nitrogens is 3. The fraction of sp³-hybridized carbons (Fsp3) is 0.407. The van der Waals surface area contributed by atoms with Crippen LogP contribution in [0.4, 0.5) is 17.3 Å². The Morgan fingerprint density at radius 3 is 2.57 bits per heavy atom. The summed E-state index contributed by atoms with van der Waals surface area (Å²) in [4.78, 5) is 32.8. The van der Waals surface area contributed by atoms with Crippen LogP contribution in [0.3, 0.4) is 0 Å². The molecule has 8 heteroatoms. The van der Waals surface area contributed by atoms with Gasteiger partial charge in [-0.25, -0.2) is 9.97 Å². The molecule has 1 N–H and O–H groups in total. The van der Waals surface area contributed by atoms with Crippen molar-refractivity contribution in [3.63, 3.8) is 0 Å². The molecule has 2 aromatic heterocycles. The second kappa shape index (κ2) is 8.30. The predicted molar refractivity (Wildman–Crippen MR) is 135 cm³/mol. The molecule has 2 aliphatic carbocycles. The molecule has 0 unspecified atom stereocenters. The molecule has 1 aromatic carbocycles. The van der Waals surface area contributed by atoms with Gasteiger partial charge >= 0.3 is 0 Å². The number of anilines is 3. The van der Waals surface area contributed by atoms with Gasteiger partial charge in [0.2, 0.25) is 5.95 Å². The molecule has 3 heterocycles. The first-order chi connectivity index (χ1) is 17.0. The average molecular weight is 471 g/mol. The third-order valence-electron chi connectivity index (χ3n) is 7.62. The Hall–Kier alpha value is -3.52. The van der Waals surface area contributed by atoms with E-state index in [1.165, 1.54) is 18.4 Å². The van der Waals surface area contributed by atoms with Crippen LogP contribution in [-0.4, -0.2) is 70.7 Å². The monoisotopic (exact) mass is 470 g/mol. The summed E-state index contributed by atoms with van der Waals surface area (Å²) >= 11 is 0. The number of rotatable bonds is 7. The Morgan fingerprint density at radius 1 is 1.11 bits per heavy atom. The SMILES string of the molecule is CN(CCO)C(=O)c1ccc2c(c1)N(c1ncc(-c3cc(N(C)C4CC4)ccn3)cn1)CC21CC1. The van der Waals surface area contributed by atoms with Gasteiger partial charge in [0, 0.05) is 79.7 Å². The summed E-state index contributed by atoms with van der Waals surface area (Å²) in [6.07, 6.45) is 10.3. The van der Waals surface area contributed by atoms with Gasteiger partial charge in [-0.3, -0.25) is 9.78 Å². The van der Waals surface area contributed by atoms with Crippen LogP contribution < -0.4 is 9.80 Å². The molecule has 6 rings (SSSR count). The summed E-state index contributed by atoms with van der Waals surface area (Å²) in [5, 5.41) is 9.20. The zero-order valence-corrected chi connectivity index (χ0v) is 20.2. The zero-order valence-electron chi connectivity index (χ0n) is 20.2. The van der Waals surface area contributed by atoms with E-state index in [1.807, 2.05) is 36.8 Å². The first-order valence-corrected chi connectivity index (χ1v) is 12.3. The molecule has 0 saturated heterocycles. The predicted octanol–water partition coefficient (Wildman–Crippen LogP) is 3.38. The molecule has 1 amide bonds. The number of aliphatic hydroxyl groups excluding tert-OH is 1. The summed E-state index contributed by atoms with van der Waals surface area (Å²) in [5.74, 6) is 0.537. The second-order valence-electron chi connectivity index (χ2n) is 10.1. The van der Waals surface area contributed by atoms with Crippen molar-refractivity contribution in [2.75, 3.05) is 43.6 Å². The fourth-order valence-corrected chi connectivity index (χ4v) is 5.10. The number of likely N-dealkylation sites (N-methyl/N-ethyl adjacent to an activating group) is 1. The maximum atomic E-state index is 12.8. The van der Waals surface area contributed by atoms with E-state index in [0.29, 0.717) is 24.1 Å². The number of carbonyl (C=O) groups is 1. The van der Waals surface area contributed by atoms with Gasteiger partial charge < -0.3 is 19.8 Å². The molecule has 0 bridgehead atoms. The number of nitrogens with zero attached hydrogens (tertiary/aromatic N) is 6. The highest BCUT2D eigenvalue weighted by Crippen LogP contribution is 2.57. The highest BCUT2D eigenvalue weighted by Gasteiger charge is 2.52. The Balaban J connectivity index is 1.28. The van der Waals surface area contributed by atoms with Crippen LogP contribution in [-0.2, 0) is 5.41 Å². The molecular weight excluding hydrogens is 440 g/mol. The van der Waals surface area contributed by atoms with E-state index in [2.05, 4.69) is 34.0 Å². The van der Waals surface area contributed by atoms with Gasteiger partial charge in [-0.15, -0.1) is 0 Å². The van der Waals surface area contributed by atoms with E-state index in [0.717, 1.165) is 42.0 Å². The molecule has 2 fully saturated rings. The highest BCUT2D eigenvalue weighted by molar-refractivity contribution is 5.96. The van der Waals surface area contributed by atoms with E-state index < -0.39 is 0 Å². The number of benzene rings is 1. The summed E-state index contributed by atoms with van der Waals surface area (Å²) in [7, 11) is 3.84. The summed E-state index contributed by atoms with van der Waals surface area (Å²) in [6.45, 7) is 1.07. The van der Waals surface area contributed by atoms with E-state index in [4.69, 9.17) is 9.97 Å². The maximum absolute atomic E-state index is 12.8. The molecule has 2 saturated carbocycles. The van der Waals surface area contributed by atoms with E-state index >= 15 is 0 Å². The normalized spacial score (nSPS) is 17.4. The largest absolute Gasteiger partial charge is 0.395 e. The number of hydrogen-bond acceptors (Lipinski definition) is 7. The molecular formula is C27H30N6O2. The standard InChI is InChI=1S/C27H30N6O2/c1-31(11-12-34)25(35)18-3-6-22-24(13-18)33(17-27(22)8-9-27)26-29-15-19(16-30-26)23-14-21(7-10-28-23)32(2)20-4-5-20/h3,6-7,10,13-16,20,34H,4-5,8-9,11-12,17H2,1-2H3. The first kappa shape index (κ1) is 22.0. The Bertz CT molecular complexity index is 1270. The lowest BCUT2D eigenvalue weighted by Crippen LogP contribution is -2.29. The first-order valence-electron chi connectivity index (χ1n) is 12.3. The molecule has 180 valence electrons. The molecule has 35 heavy (non-hydrogen) atoms. The van der Waals surface area contributed by atoms with Crippen molar-refractivity contribution in [2.45, 2.75) is 37.1 Å². The quantitative estimate of drug-likeness (QED) is 0.567. The zero-order chi connectivity index (χ0) is 24.2. The van der Waals surface area contributed by atoms with Crippen LogP contribution in [0.1, 0.15) is 41.6 Å². The summed E-state index contributed by atoms with van der Waals surface area (Å²) < 4.78 is 0. The number of pyridine rings is 1. The van der Waals surface area contributed by atoms with Crippen molar-refractivity contribution in [1.82, 2.24) is 19.9 Å². The Labute approximate surface area is 205 Å². The summed E-state index contributed by atoms with van der Waals surface area (Å²) in [5.41, 5.74) is 5.93. The van der Waals surface area contributed by atoms with Crippen molar-refractivity contribution in [3.05, 3.63) is 60.0 Å². The Morgan fingerprint density at radius 2 is 1.89 bits per heavy atom. The third kappa shape index (κ3) is 3.91. The van der Waals surface area contributed by atoms with Crippen molar-refractivity contribution in [3.8, 4) is 11.3 Å². The minimum atomic E-state index is -0.100. The van der Waals surface area contributed by atoms with Crippen LogP contribution in [0.25, 0.3) is 11.3 Å². The van der Waals surface area contributed by atoms with Crippen molar-refractivity contribution in [1.29, 1.82) is 0 Å². The lowest BCUT2D eigenvalue weighted by atomic mass is 9.97. The second-order valence-corrected chi connectivity index (χ2v) is 10.1. The number of hydrogen-bond donors (Lipinski definition) is 1. The van der Waals surface area contributed by atoms with Gasteiger partial charge in [-0.05, 0) is 55.5 Å². The smallest absolute Gasteiger partial charge is 0.253 e. The number of fused-ring (bicyclic) bond motifs is 2. The van der Waals surface area contributed by atoms with E-state index in [-0.39, 0.29) is 17.9 Å². The number of amides is 1. The van der Waals surface area contributed by atoms with Crippen molar-refractivity contribution < 1.29 is 9.90 Å². The van der Waals surface area contributed by atoms with Gasteiger partial charge in [-0.1, -0.05) is 6.07 Å². The average Bonchev–Trinajstić information content (AvgIpc) is 3.82. The third-order valence-corrected chi connectivity index (χ3v) is 7.62. The molecule has 1 spiro atoms. The van der Waals surface area contributed by atoms with Gasteiger partial charge in [0.15, 0.2) is 0 Å². The minimum absolute atomic E-state index is 0.0583. The van der Waals surface area contributed by atoms with Gasteiger partial charge in [0.05, 0.1) is 12.3 Å². The highest BCUT2D eigenvalue weighted by atomic mass is 16.3. The number of carbonyl (C=O) groups excluding carboxylic acids is 1. The Kier molecular flexibility index (Phi) is 5.21. The molecule has 1 aliphatic heterocycles. The van der Waals surface area contributed by atoms with Crippen LogP contribution in [0.15, 0.2) is 48.9 Å². The molecule has 0 radical (unpaired) electrons. The van der Waals surface area contributed by atoms with Crippen molar-refractivity contribution in [2.24, 2.45) is 0 Å². The summed E-state index contributed by atoms with van der Waals surface area (Å²) in [6, 6.07) is 10.7. The lowest BCUT2D eigenvalue weighted by molar-refractivity contribution is 0.0767. The van der Waals surface area contributed by atoms with Gasteiger partial charge in [0.1, 0.15) is 0 Å². The minimum Gasteiger partial charge on any atom is -0.395 e. The van der Waals surface area contributed by atoms with Crippen LogP contribution in [0, 0.1) is 0 Å². The van der Waals surface area contributed by atoms with Crippen molar-refractivity contribution >= 4 is 23.2 Å². The van der Waals surface area contributed by atoms with Gasteiger partial charge in [-0.2, -0.15) is 0 Å². The number of aliphatic hydroxyl groups is 1. The lowest BCUT2D eigenvalue weighted by Gasteiger charge is -2.20. The fourth-order valence-electron chi connectivity index (χ4n) is 5.10. The van der Waals surface area contributed by atoms with Gasteiger partial charge in [0.25, 0.3) is 5.91 Å². The van der Waals surface area contributed by atoms with Crippen LogP contribution in [0.5, 0.6) is 0 Å². The van der Waals surface area contributed by atoms with Crippen LogP contribution >= 0.6 is 0 Å². The maximum Gasteiger partial charge on any atom is 0.253 e. The van der Waals surface area contributed by atoms with E-state index in [9.17, 15) is 9.90 Å². The molecule has 3 aliphatic rings. The molecule has 3 aromatic rings. The molecule has 0 atom stereocenters.